The van der Waals surface area contributed by atoms with Gasteiger partial charge >= 0.3 is 0 Å². The predicted octanol–water partition coefficient (Wildman–Crippen LogP) is 3.82. The highest BCUT2D eigenvalue weighted by atomic mass is 32.1. The predicted molar refractivity (Wildman–Crippen MR) is 81.8 cm³/mol. The smallest absolute Gasteiger partial charge is 0.161 e. The van der Waals surface area contributed by atoms with Crippen LogP contribution in [-0.4, -0.2) is 19.3 Å². The van der Waals surface area contributed by atoms with E-state index in [1.54, 1.807) is 25.6 Å². The minimum Gasteiger partial charge on any atom is -0.493 e. The Labute approximate surface area is 123 Å². The molecule has 0 fully saturated rings. The fraction of sp³-hybridized carbons (Fsp3) is 0.375. The molecule has 2 aromatic rings. The maximum Gasteiger partial charge on any atom is 0.161 e. The first kappa shape index (κ1) is 14.9. The normalized spacial score (nSPS) is 12.2. The van der Waals surface area contributed by atoms with Gasteiger partial charge in [-0.3, -0.25) is 0 Å². The molecule has 0 saturated carbocycles. The van der Waals surface area contributed by atoms with Crippen molar-refractivity contribution in [2.24, 2.45) is 0 Å². The molecule has 1 atom stereocenters. The average molecular weight is 292 g/mol. The highest BCUT2D eigenvalue weighted by Gasteiger charge is 2.11. The molecule has 108 valence electrons. The molecule has 0 aliphatic heterocycles. The number of benzene rings is 1. The molecule has 0 bridgehead atoms. The fourth-order valence-corrected chi connectivity index (χ4v) is 2.90. The number of hydrogen-bond donors (Lipinski definition) is 1. The number of aliphatic hydroxyl groups is 1. The first-order valence-electron chi connectivity index (χ1n) is 6.67. The quantitative estimate of drug-likeness (QED) is 0.843. The van der Waals surface area contributed by atoms with E-state index in [1.165, 1.54) is 4.88 Å². The molecule has 0 spiro atoms. The lowest BCUT2D eigenvalue weighted by atomic mass is 10.0. The number of rotatable bonds is 7. The Morgan fingerprint density at radius 1 is 1.15 bits per heavy atom. The van der Waals surface area contributed by atoms with Crippen molar-refractivity contribution in [3.63, 3.8) is 0 Å². The summed E-state index contributed by atoms with van der Waals surface area (Å²) < 4.78 is 10.5. The van der Waals surface area contributed by atoms with Crippen LogP contribution in [0.4, 0.5) is 0 Å². The zero-order valence-electron chi connectivity index (χ0n) is 11.8. The molecule has 3 nitrogen and oxygen atoms in total. The molecule has 1 aromatic carbocycles. The molecule has 0 saturated heterocycles. The van der Waals surface area contributed by atoms with E-state index in [0.29, 0.717) is 11.5 Å². The number of hydrogen-bond acceptors (Lipinski definition) is 4. The Morgan fingerprint density at radius 3 is 2.60 bits per heavy atom. The highest BCUT2D eigenvalue weighted by Crippen LogP contribution is 2.31. The lowest BCUT2D eigenvalue weighted by Crippen LogP contribution is -2.00. The van der Waals surface area contributed by atoms with Crippen LogP contribution in [0, 0.1) is 0 Å². The van der Waals surface area contributed by atoms with Crippen LogP contribution < -0.4 is 9.47 Å². The largest absolute Gasteiger partial charge is 0.493 e. The van der Waals surface area contributed by atoms with Crippen LogP contribution in [0.2, 0.25) is 0 Å². The second-order valence-electron chi connectivity index (χ2n) is 4.60. The summed E-state index contributed by atoms with van der Waals surface area (Å²) in [6.07, 6.45) is 2.26. The van der Waals surface area contributed by atoms with Crippen LogP contribution >= 0.6 is 11.3 Å². The van der Waals surface area contributed by atoms with Crippen molar-refractivity contribution in [3.05, 3.63) is 46.2 Å². The van der Waals surface area contributed by atoms with Gasteiger partial charge in [-0.15, -0.1) is 11.3 Å². The van der Waals surface area contributed by atoms with Crippen molar-refractivity contribution >= 4 is 11.3 Å². The van der Waals surface area contributed by atoms with Gasteiger partial charge in [0.2, 0.25) is 0 Å². The monoisotopic (exact) mass is 292 g/mol. The summed E-state index contributed by atoms with van der Waals surface area (Å²) in [5.41, 5.74) is 0.869. The van der Waals surface area contributed by atoms with Crippen molar-refractivity contribution in [3.8, 4) is 11.5 Å². The number of aliphatic hydroxyl groups excluding tert-OH is 1. The Hall–Kier alpha value is -1.52. The summed E-state index contributed by atoms with van der Waals surface area (Å²) in [6, 6.07) is 9.75. The minimum absolute atomic E-state index is 0.463. The van der Waals surface area contributed by atoms with E-state index in [-0.39, 0.29) is 0 Å². The Morgan fingerprint density at radius 2 is 1.95 bits per heavy atom. The van der Waals surface area contributed by atoms with E-state index in [9.17, 15) is 5.11 Å². The number of methoxy groups -OCH3 is 2. The van der Waals surface area contributed by atoms with Crippen molar-refractivity contribution < 1.29 is 14.6 Å². The van der Waals surface area contributed by atoms with Crippen LogP contribution in [0.1, 0.15) is 29.4 Å². The molecule has 0 aliphatic rings. The molecule has 1 N–H and O–H groups in total. The van der Waals surface area contributed by atoms with E-state index in [2.05, 4.69) is 17.5 Å². The van der Waals surface area contributed by atoms with Gasteiger partial charge in [0, 0.05) is 4.88 Å². The Bertz CT molecular complexity index is 523. The van der Waals surface area contributed by atoms with Gasteiger partial charge in [0.1, 0.15) is 0 Å². The van der Waals surface area contributed by atoms with Gasteiger partial charge in [-0.05, 0) is 48.4 Å². The molecular weight excluding hydrogens is 272 g/mol. The standard InChI is InChI=1S/C16H20O3S/c1-18-15-9-8-12(11-16(15)19-2)14(17)7-3-5-13-6-4-10-20-13/h4,6,8-11,14,17H,3,5,7H2,1-2H3. The number of ether oxygens (including phenoxy) is 2. The van der Waals surface area contributed by atoms with Gasteiger partial charge in [0.05, 0.1) is 20.3 Å². The van der Waals surface area contributed by atoms with E-state index < -0.39 is 6.10 Å². The van der Waals surface area contributed by atoms with E-state index in [1.807, 2.05) is 18.2 Å². The molecule has 20 heavy (non-hydrogen) atoms. The number of aryl methyl sites for hydroxylation is 1. The molecule has 1 heterocycles. The molecule has 1 unspecified atom stereocenters. The number of thiophene rings is 1. The maximum absolute atomic E-state index is 10.2. The van der Waals surface area contributed by atoms with Crippen LogP contribution in [0.3, 0.4) is 0 Å². The van der Waals surface area contributed by atoms with Crippen molar-refractivity contribution in [2.75, 3.05) is 14.2 Å². The molecular formula is C16H20O3S. The highest BCUT2D eigenvalue weighted by molar-refractivity contribution is 7.09. The molecule has 0 amide bonds. The summed E-state index contributed by atoms with van der Waals surface area (Å²) in [5.74, 6) is 1.34. The lowest BCUT2D eigenvalue weighted by molar-refractivity contribution is 0.164. The molecule has 0 aliphatic carbocycles. The summed E-state index contributed by atoms with van der Waals surface area (Å²) in [6.45, 7) is 0. The van der Waals surface area contributed by atoms with Gasteiger partial charge in [0.15, 0.2) is 11.5 Å². The zero-order chi connectivity index (χ0) is 14.4. The van der Waals surface area contributed by atoms with E-state index in [0.717, 1.165) is 24.8 Å². The summed E-state index contributed by atoms with van der Waals surface area (Å²) in [7, 11) is 3.21. The molecule has 1 aromatic heterocycles. The first-order chi connectivity index (χ1) is 9.74. The third-order valence-electron chi connectivity index (χ3n) is 3.27. The van der Waals surface area contributed by atoms with E-state index in [4.69, 9.17) is 9.47 Å². The van der Waals surface area contributed by atoms with Gasteiger partial charge in [0.25, 0.3) is 0 Å². The third kappa shape index (κ3) is 3.74. The third-order valence-corrected chi connectivity index (χ3v) is 4.21. The van der Waals surface area contributed by atoms with Gasteiger partial charge in [-0.1, -0.05) is 12.1 Å². The van der Waals surface area contributed by atoms with Crippen LogP contribution in [-0.2, 0) is 6.42 Å². The second-order valence-corrected chi connectivity index (χ2v) is 5.63. The minimum atomic E-state index is -0.463. The van der Waals surface area contributed by atoms with Gasteiger partial charge < -0.3 is 14.6 Å². The SMILES string of the molecule is COc1ccc(C(O)CCCc2cccs2)cc1OC. The van der Waals surface area contributed by atoms with Crippen molar-refractivity contribution in [2.45, 2.75) is 25.4 Å². The van der Waals surface area contributed by atoms with Crippen molar-refractivity contribution in [1.82, 2.24) is 0 Å². The summed E-state index contributed by atoms with van der Waals surface area (Å²) in [4.78, 5) is 1.37. The summed E-state index contributed by atoms with van der Waals surface area (Å²) in [5, 5.41) is 12.3. The first-order valence-corrected chi connectivity index (χ1v) is 7.55. The average Bonchev–Trinajstić information content (AvgIpc) is 2.99. The molecule has 0 radical (unpaired) electrons. The molecule has 4 heteroatoms. The maximum atomic E-state index is 10.2. The Kier molecular flexibility index (Phi) is 5.44. The summed E-state index contributed by atoms with van der Waals surface area (Å²) >= 11 is 1.76. The fourth-order valence-electron chi connectivity index (χ4n) is 2.15. The van der Waals surface area contributed by atoms with Gasteiger partial charge in [-0.25, -0.2) is 0 Å². The van der Waals surface area contributed by atoms with Crippen LogP contribution in [0.5, 0.6) is 11.5 Å². The van der Waals surface area contributed by atoms with Crippen molar-refractivity contribution in [1.29, 1.82) is 0 Å². The van der Waals surface area contributed by atoms with Gasteiger partial charge in [-0.2, -0.15) is 0 Å². The Balaban J connectivity index is 1.93. The molecule has 2 rings (SSSR count). The second kappa shape index (κ2) is 7.31. The van der Waals surface area contributed by atoms with Crippen LogP contribution in [0.15, 0.2) is 35.7 Å². The topological polar surface area (TPSA) is 38.7 Å². The lowest BCUT2D eigenvalue weighted by Gasteiger charge is -2.14. The van der Waals surface area contributed by atoms with E-state index >= 15 is 0 Å². The zero-order valence-corrected chi connectivity index (χ0v) is 12.7. The van der Waals surface area contributed by atoms with Crippen LogP contribution in [0.25, 0.3) is 0 Å².